The molecule has 2 aliphatic rings. The van der Waals surface area contributed by atoms with Crippen molar-refractivity contribution < 1.29 is 0 Å². The van der Waals surface area contributed by atoms with Crippen molar-refractivity contribution in [2.45, 2.75) is 37.9 Å². The van der Waals surface area contributed by atoms with Gasteiger partial charge in [0.15, 0.2) is 0 Å². The number of rotatable bonds is 1. The molecule has 1 saturated heterocycles. The van der Waals surface area contributed by atoms with Gasteiger partial charge in [0.05, 0.1) is 0 Å². The van der Waals surface area contributed by atoms with Gasteiger partial charge in [0.1, 0.15) is 0 Å². The van der Waals surface area contributed by atoms with Gasteiger partial charge in [0.2, 0.25) is 0 Å². The molecule has 1 fully saturated rings. The van der Waals surface area contributed by atoms with Gasteiger partial charge in [-0.05, 0) is 45.0 Å². The van der Waals surface area contributed by atoms with Gasteiger partial charge in [-0.1, -0.05) is 0 Å². The Morgan fingerprint density at radius 3 is 2.94 bits per heavy atom. The first-order valence-corrected chi connectivity index (χ1v) is 6.98. The van der Waals surface area contributed by atoms with E-state index < -0.39 is 0 Å². The number of H-pyrrole nitrogens is 1. The number of nitrogens with two attached hydrogens (primary N) is 1. The Hall–Kier alpha value is -0.840. The molecule has 0 radical (unpaired) electrons. The molecule has 2 unspecified atom stereocenters. The number of fused-ring (bicyclic) bond motifs is 1. The number of aromatic amines is 1. The number of nitrogens with one attached hydrogen (secondary N) is 1. The largest absolute Gasteiger partial charge is 0.360 e. The fourth-order valence-electron chi connectivity index (χ4n) is 3.34. The minimum atomic E-state index is 0.349. The summed E-state index contributed by atoms with van der Waals surface area (Å²) in [6.45, 7) is 3.25. The molecule has 0 bridgehead atoms. The summed E-state index contributed by atoms with van der Waals surface area (Å²) in [5.74, 6) is 0. The van der Waals surface area contributed by atoms with Crippen molar-refractivity contribution in [1.82, 2.24) is 14.8 Å². The van der Waals surface area contributed by atoms with E-state index in [0.29, 0.717) is 12.1 Å². The number of piperidine rings is 1. The number of aromatic nitrogens is 1. The fourth-order valence-corrected chi connectivity index (χ4v) is 3.34. The average molecular weight is 248 g/mol. The van der Waals surface area contributed by atoms with Crippen LogP contribution >= 0.6 is 0 Å². The second-order valence-corrected chi connectivity index (χ2v) is 6.01. The Bertz CT molecular complexity index is 425. The maximum Gasteiger partial charge on any atom is 0.0496 e. The van der Waals surface area contributed by atoms with E-state index in [9.17, 15) is 0 Å². The molecule has 2 aliphatic heterocycles. The summed E-state index contributed by atoms with van der Waals surface area (Å²) in [5, 5.41) is 0. The second kappa shape index (κ2) is 4.68. The van der Waals surface area contributed by atoms with E-state index in [1.54, 1.807) is 0 Å². The normalized spacial score (nSPS) is 30.4. The number of hydrogen-bond acceptors (Lipinski definition) is 3. The molecule has 0 saturated carbocycles. The van der Waals surface area contributed by atoms with Crippen molar-refractivity contribution >= 4 is 0 Å². The van der Waals surface area contributed by atoms with Crippen LogP contribution in [0.2, 0.25) is 0 Å². The standard InChI is InChI=1S/C14H24N4/c1-17-6-5-10-7-12(16-13(10)9-17)14-4-3-11(15)8-18(14)2/h7,11,14,16H,3-6,8-9,15H2,1-2H3. The van der Waals surface area contributed by atoms with Crippen molar-refractivity contribution in [2.75, 3.05) is 27.2 Å². The smallest absolute Gasteiger partial charge is 0.0496 e. The van der Waals surface area contributed by atoms with Crippen molar-refractivity contribution in [3.8, 4) is 0 Å². The zero-order valence-corrected chi connectivity index (χ0v) is 11.4. The van der Waals surface area contributed by atoms with E-state index in [-0.39, 0.29) is 0 Å². The van der Waals surface area contributed by atoms with Gasteiger partial charge >= 0.3 is 0 Å². The zero-order chi connectivity index (χ0) is 12.7. The van der Waals surface area contributed by atoms with E-state index in [1.807, 2.05) is 0 Å². The Balaban J connectivity index is 1.80. The molecule has 1 aromatic heterocycles. The lowest BCUT2D eigenvalue weighted by Crippen LogP contribution is -2.42. The number of hydrogen-bond donors (Lipinski definition) is 2. The van der Waals surface area contributed by atoms with Crippen LogP contribution in [0.15, 0.2) is 6.07 Å². The van der Waals surface area contributed by atoms with E-state index in [1.165, 1.54) is 36.3 Å². The molecule has 0 spiro atoms. The molecule has 3 rings (SSSR count). The molecular formula is C14H24N4. The number of likely N-dealkylation sites (N-methyl/N-ethyl adjacent to an activating group) is 2. The van der Waals surface area contributed by atoms with Crippen LogP contribution < -0.4 is 5.73 Å². The quantitative estimate of drug-likeness (QED) is 0.782. The second-order valence-electron chi connectivity index (χ2n) is 6.01. The molecular weight excluding hydrogens is 224 g/mol. The number of likely N-dealkylation sites (tertiary alicyclic amines) is 1. The van der Waals surface area contributed by atoms with Gasteiger partial charge < -0.3 is 15.6 Å². The van der Waals surface area contributed by atoms with Gasteiger partial charge in [-0.2, -0.15) is 0 Å². The van der Waals surface area contributed by atoms with Crippen LogP contribution in [0.1, 0.15) is 35.8 Å². The molecule has 18 heavy (non-hydrogen) atoms. The zero-order valence-electron chi connectivity index (χ0n) is 11.4. The summed E-state index contributed by atoms with van der Waals surface area (Å²) in [6.07, 6.45) is 3.49. The first-order chi connectivity index (χ1) is 8.63. The fraction of sp³-hybridized carbons (Fsp3) is 0.714. The molecule has 0 amide bonds. The minimum absolute atomic E-state index is 0.349. The van der Waals surface area contributed by atoms with Crippen molar-refractivity contribution in [2.24, 2.45) is 5.73 Å². The van der Waals surface area contributed by atoms with Gasteiger partial charge in [-0.25, -0.2) is 0 Å². The third-order valence-electron chi connectivity index (χ3n) is 4.43. The minimum Gasteiger partial charge on any atom is -0.360 e. The third-order valence-corrected chi connectivity index (χ3v) is 4.43. The van der Waals surface area contributed by atoms with E-state index in [4.69, 9.17) is 5.73 Å². The predicted molar refractivity (Wildman–Crippen MR) is 73.4 cm³/mol. The highest BCUT2D eigenvalue weighted by atomic mass is 15.2. The van der Waals surface area contributed by atoms with Crippen molar-refractivity contribution in [3.05, 3.63) is 23.0 Å². The van der Waals surface area contributed by atoms with Crippen LogP contribution in [0, 0.1) is 0 Å². The van der Waals surface area contributed by atoms with Crippen LogP contribution in [0.3, 0.4) is 0 Å². The maximum atomic E-state index is 6.02. The van der Waals surface area contributed by atoms with Crippen LogP contribution in [-0.4, -0.2) is 48.0 Å². The van der Waals surface area contributed by atoms with Crippen LogP contribution in [0.25, 0.3) is 0 Å². The summed E-state index contributed by atoms with van der Waals surface area (Å²) in [4.78, 5) is 8.43. The molecule has 3 N–H and O–H groups in total. The van der Waals surface area contributed by atoms with E-state index in [2.05, 4.69) is 34.9 Å². The Labute approximate surface area is 109 Å². The third kappa shape index (κ3) is 2.20. The molecule has 1 aromatic rings. The number of nitrogens with zero attached hydrogens (tertiary/aromatic N) is 2. The Morgan fingerprint density at radius 2 is 2.17 bits per heavy atom. The topological polar surface area (TPSA) is 48.3 Å². The molecule has 4 heteroatoms. The first kappa shape index (κ1) is 12.2. The molecule has 3 heterocycles. The van der Waals surface area contributed by atoms with E-state index >= 15 is 0 Å². The molecule has 2 atom stereocenters. The van der Waals surface area contributed by atoms with Gasteiger partial charge in [-0.15, -0.1) is 0 Å². The SMILES string of the molecule is CN1CCc2cc(C3CCC(N)CN3C)[nH]c2C1. The van der Waals surface area contributed by atoms with Crippen LogP contribution in [0.4, 0.5) is 0 Å². The van der Waals surface area contributed by atoms with Gasteiger partial charge in [0, 0.05) is 43.1 Å². The summed E-state index contributed by atoms with van der Waals surface area (Å²) in [7, 11) is 4.38. The highest BCUT2D eigenvalue weighted by Crippen LogP contribution is 2.31. The Morgan fingerprint density at radius 1 is 1.33 bits per heavy atom. The Kier molecular flexibility index (Phi) is 3.18. The lowest BCUT2D eigenvalue weighted by atomic mass is 9.97. The van der Waals surface area contributed by atoms with Gasteiger partial charge in [0.25, 0.3) is 0 Å². The molecule has 0 aromatic carbocycles. The highest BCUT2D eigenvalue weighted by molar-refractivity contribution is 5.30. The molecule has 4 nitrogen and oxygen atoms in total. The lowest BCUT2D eigenvalue weighted by molar-refractivity contribution is 0.166. The van der Waals surface area contributed by atoms with Crippen molar-refractivity contribution in [3.63, 3.8) is 0 Å². The van der Waals surface area contributed by atoms with Crippen molar-refractivity contribution in [1.29, 1.82) is 0 Å². The average Bonchev–Trinajstić information content (AvgIpc) is 2.71. The molecule has 0 aliphatic carbocycles. The lowest BCUT2D eigenvalue weighted by Gasteiger charge is -2.35. The summed E-state index contributed by atoms with van der Waals surface area (Å²) < 4.78 is 0. The summed E-state index contributed by atoms with van der Waals surface area (Å²) in [6, 6.07) is 3.27. The van der Waals surface area contributed by atoms with Crippen LogP contribution in [-0.2, 0) is 13.0 Å². The molecule has 100 valence electrons. The van der Waals surface area contributed by atoms with Crippen LogP contribution in [0.5, 0.6) is 0 Å². The monoisotopic (exact) mass is 248 g/mol. The first-order valence-electron chi connectivity index (χ1n) is 6.98. The highest BCUT2D eigenvalue weighted by Gasteiger charge is 2.27. The van der Waals surface area contributed by atoms with Gasteiger partial charge in [-0.3, -0.25) is 4.90 Å². The summed E-state index contributed by atoms with van der Waals surface area (Å²) in [5.41, 5.74) is 10.4. The maximum absolute atomic E-state index is 6.02. The van der Waals surface area contributed by atoms with E-state index in [0.717, 1.165) is 19.5 Å². The summed E-state index contributed by atoms with van der Waals surface area (Å²) >= 11 is 0. The predicted octanol–water partition coefficient (Wildman–Crippen LogP) is 1.10.